The van der Waals surface area contributed by atoms with Crippen molar-refractivity contribution in [2.24, 2.45) is 0 Å². The molecule has 1 saturated carbocycles. The van der Waals surface area contributed by atoms with Crippen LogP contribution in [0.2, 0.25) is 0 Å². The van der Waals surface area contributed by atoms with E-state index in [1.165, 1.54) is 17.3 Å². The second-order valence-corrected chi connectivity index (χ2v) is 12.3. The second-order valence-electron chi connectivity index (χ2n) is 12.3. The normalized spacial score (nSPS) is 19.1. The quantitative estimate of drug-likeness (QED) is 0.299. The van der Waals surface area contributed by atoms with E-state index in [1.807, 2.05) is 47.4 Å². The number of nitriles is 1. The lowest BCUT2D eigenvalue weighted by molar-refractivity contribution is -0.129. The summed E-state index contributed by atoms with van der Waals surface area (Å²) in [6.07, 6.45) is 6.49. The molecule has 4 heterocycles. The van der Waals surface area contributed by atoms with Crippen molar-refractivity contribution in [2.75, 3.05) is 18.0 Å². The topological polar surface area (TPSA) is 137 Å². The molecule has 234 valence electrons. The zero-order chi connectivity index (χ0) is 31.8. The average Bonchev–Trinajstić information content (AvgIpc) is 3.47. The van der Waals surface area contributed by atoms with E-state index in [1.54, 1.807) is 13.0 Å². The van der Waals surface area contributed by atoms with Crippen LogP contribution in [-0.4, -0.2) is 61.1 Å². The number of carbonyl (C=O) groups is 2. The van der Waals surface area contributed by atoms with Crippen LogP contribution in [0.1, 0.15) is 77.9 Å². The lowest BCUT2D eigenvalue weighted by atomic mass is 9.92. The Bertz CT molecular complexity index is 1820. The van der Waals surface area contributed by atoms with Gasteiger partial charge in [0.25, 0.3) is 0 Å². The predicted molar refractivity (Wildman–Crippen MR) is 170 cm³/mol. The van der Waals surface area contributed by atoms with Crippen molar-refractivity contribution in [2.45, 2.75) is 70.6 Å². The van der Waals surface area contributed by atoms with E-state index in [-0.39, 0.29) is 23.7 Å². The third-order valence-corrected chi connectivity index (χ3v) is 9.42. The third-order valence-electron chi connectivity index (χ3n) is 9.42. The maximum absolute atomic E-state index is 12.4. The maximum atomic E-state index is 12.4. The highest BCUT2D eigenvalue weighted by molar-refractivity contribution is 5.85. The minimum absolute atomic E-state index is 0.0803. The number of fused-ring (bicyclic) bond motifs is 2. The van der Waals surface area contributed by atoms with Gasteiger partial charge in [-0.05, 0) is 98.7 Å². The average molecular weight is 618 g/mol. The summed E-state index contributed by atoms with van der Waals surface area (Å²) in [5, 5.41) is 31.6. The summed E-state index contributed by atoms with van der Waals surface area (Å²) in [4.78, 5) is 27.7. The molecule has 0 saturated heterocycles. The van der Waals surface area contributed by atoms with E-state index < -0.39 is 5.97 Å². The van der Waals surface area contributed by atoms with Crippen LogP contribution in [0.15, 0.2) is 54.6 Å². The summed E-state index contributed by atoms with van der Waals surface area (Å²) in [6, 6.07) is 19.2. The summed E-state index contributed by atoms with van der Waals surface area (Å²) >= 11 is 0. The first-order chi connectivity index (χ1) is 22.4. The molecule has 0 unspecified atom stereocenters. The number of benzene rings is 2. The summed E-state index contributed by atoms with van der Waals surface area (Å²) < 4.78 is 8.63. The number of aromatic carboxylic acids is 1. The standard InChI is InChI=1S/C35H35N7O4/c1-22(43)40-18-16-33-29(21-40)34(41-17-2-3-25-19-23(20-36)4-15-32(25)41)39-42(33)26-7-11-28(12-8-26)46-27-9-5-24(6-10-27)30-13-14-31(35(44)45)38-37-30/h4-6,9-10,13-15,19,26,28H,2-3,7-8,11-12,16-18,21H2,1H3,(H,44,45). The van der Waals surface area contributed by atoms with Crippen LogP contribution in [0.5, 0.6) is 5.75 Å². The molecule has 1 amide bonds. The van der Waals surface area contributed by atoms with Gasteiger partial charge in [0.15, 0.2) is 11.5 Å². The number of anilines is 2. The molecule has 1 N–H and O–H groups in total. The van der Waals surface area contributed by atoms with Crippen molar-refractivity contribution >= 4 is 23.4 Å². The molecule has 4 aromatic rings. The fraction of sp³-hybridized carbons (Fsp3) is 0.371. The van der Waals surface area contributed by atoms with Gasteiger partial charge in [-0.2, -0.15) is 10.4 Å². The van der Waals surface area contributed by atoms with Gasteiger partial charge in [-0.15, -0.1) is 10.2 Å². The van der Waals surface area contributed by atoms with Crippen molar-refractivity contribution in [3.05, 3.63) is 82.7 Å². The predicted octanol–water partition coefficient (Wildman–Crippen LogP) is 5.46. The molecule has 11 heteroatoms. The number of carboxylic acids is 1. The van der Waals surface area contributed by atoms with Gasteiger partial charge in [0.05, 0.1) is 36.0 Å². The van der Waals surface area contributed by atoms with Crippen molar-refractivity contribution in [1.29, 1.82) is 5.26 Å². The van der Waals surface area contributed by atoms with E-state index in [9.17, 15) is 14.9 Å². The molecule has 2 aromatic heterocycles. The molecule has 46 heavy (non-hydrogen) atoms. The molecular formula is C35H35N7O4. The molecule has 2 aliphatic heterocycles. The molecule has 0 radical (unpaired) electrons. The van der Waals surface area contributed by atoms with Crippen LogP contribution in [0, 0.1) is 11.3 Å². The maximum Gasteiger partial charge on any atom is 0.356 e. The van der Waals surface area contributed by atoms with Crippen molar-refractivity contribution in [3.63, 3.8) is 0 Å². The van der Waals surface area contributed by atoms with Crippen LogP contribution < -0.4 is 9.64 Å². The molecular weight excluding hydrogens is 582 g/mol. The summed E-state index contributed by atoms with van der Waals surface area (Å²) in [7, 11) is 0. The molecule has 11 nitrogen and oxygen atoms in total. The van der Waals surface area contributed by atoms with E-state index in [0.29, 0.717) is 24.3 Å². The van der Waals surface area contributed by atoms with Crippen LogP contribution >= 0.6 is 0 Å². The van der Waals surface area contributed by atoms with Crippen molar-refractivity contribution in [1.82, 2.24) is 24.9 Å². The fourth-order valence-corrected chi connectivity index (χ4v) is 7.01. The Labute approximate surface area is 267 Å². The Balaban J connectivity index is 1.07. The number of carbonyl (C=O) groups excluding carboxylic acids is 1. The first kappa shape index (κ1) is 29.5. The summed E-state index contributed by atoms with van der Waals surface area (Å²) in [5.74, 6) is 0.701. The smallest absolute Gasteiger partial charge is 0.356 e. The number of carboxylic acid groups (broad SMARTS) is 1. The Kier molecular flexibility index (Phi) is 7.86. The molecule has 2 aromatic carbocycles. The van der Waals surface area contributed by atoms with Gasteiger partial charge in [0, 0.05) is 48.9 Å². The minimum Gasteiger partial charge on any atom is -0.490 e. The molecule has 0 atom stereocenters. The summed E-state index contributed by atoms with van der Waals surface area (Å²) in [6.45, 7) is 3.74. The van der Waals surface area contributed by atoms with Crippen LogP contribution in [0.4, 0.5) is 11.5 Å². The number of hydrogen-bond donors (Lipinski definition) is 1. The Morgan fingerprint density at radius 1 is 0.978 bits per heavy atom. The number of hydrogen-bond acceptors (Lipinski definition) is 8. The van der Waals surface area contributed by atoms with Gasteiger partial charge in [-0.1, -0.05) is 0 Å². The zero-order valence-corrected chi connectivity index (χ0v) is 25.7. The van der Waals surface area contributed by atoms with E-state index in [0.717, 1.165) is 79.9 Å². The first-order valence-corrected chi connectivity index (χ1v) is 15.9. The Hall–Kier alpha value is -5.24. The van der Waals surface area contributed by atoms with E-state index in [4.69, 9.17) is 14.9 Å². The number of amides is 1. The van der Waals surface area contributed by atoms with Gasteiger partial charge >= 0.3 is 5.97 Å². The third kappa shape index (κ3) is 5.67. The van der Waals surface area contributed by atoms with Crippen LogP contribution in [0.3, 0.4) is 0 Å². The molecule has 0 bridgehead atoms. The molecule has 3 aliphatic rings. The monoisotopic (exact) mass is 617 g/mol. The van der Waals surface area contributed by atoms with Gasteiger partial charge in [0.1, 0.15) is 5.75 Å². The van der Waals surface area contributed by atoms with Crippen molar-refractivity contribution in [3.8, 4) is 23.1 Å². The minimum atomic E-state index is -1.10. The van der Waals surface area contributed by atoms with Gasteiger partial charge in [0.2, 0.25) is 5.91 Å². The first-order valence-electron chi connectivity index (χ1n) is 15.9. The Morgan fingerprint density at radius 3 is 2.48 bits per heavy atom. The number of aromatic nitrogens is 4. The van der Waals surface area contributed by atoms with Gasteiger partial charge in [-0.3, -0.25) is 9.48 Å². The molecule has 0 spiro atoms. The SMILES string of the molecule is CC(=O)N1CCc2c(c(N3CCCc4cc(C#N)ccc43)nn2C2CCC(Oc3ccc(-c4ccc(C(=O)O)nn4)cc3)CC2)C1. The Morgan fingerprint density at radius 2 is 1.78 bits per heavy atom. The fourth-order valence-electron chi connectivity index (χ4n) is 7.01. The second kappa shape index (κ2) is 12.3. The van der Waals surface area contributed by atoms with Gasteiger partial charge in [-0.25, -0.2) is 4.79 Å². The zero-order valence-electron chi connectivity index (χ0n) is 25.7. The van der Waals surface area contributed by atoms with Crippen LogP contribution in [-0.2, 0) is 24.2 Å². The van der Waals surface area contributed by atoms with Gasteiger partial charge < -0.3 is 19.6 Å². The molecule has 7 rings (SSSR count). The highest BCUT2D eigenvalue weighted by Crippen LogP contribution is 2.41. The number of aryl methyl sites for hydroxylation is 1. The number of ether oxygens (including phenoxy) is 1. The van der Waals surface area contributed by atoms with Crippen LogP contribution in [0.25, 0.3) is 11.3 Å². The summed E-state index contributed by atoms with van der Waals surface area (Å²) in [5.41, 5.74) is 6.67. The molecule has 1 aliphatic carbocycles. The number of rotatable bonds is 6. The largest absolute Gasteiger partial charge is 0.490 e. The molecule has 1 fully saturated rings. The lowest BCUT2D eigenvalue weighted by Crippen LogP contribution is -2.36. The highest BCUT2D eigenvalue weighted by atomic mass is 16.5. The van der Waals surface area contributed by atoms with E-state index in [2.05, 4.69) is 25.8 Å². The highest BCUT2D eigenvalue weighted by Gasteiger charge is 2.34. The number of nitrogens with zero attached hydrogens (tertiary/aromatic N) is 7. The van der Waals surface area contributed by atoms with Crippen molar-refractivity contribution < 1.29 is 19.4 Å². The van der Waals surface area contributed by atoms with E-state index >= 15 is 0 Å². The lowest BCUT2D eigenvalue weighted by Gasteiger charge is -2.33.